The topological polar surface area (TPSA) is 57.6 Å². The van der Waals surface area contributed by atoms with Gasteiger partial charge in [-0.25, -0.2) is 4.39 Å². The predicted octanol–water partition coefficient (Wildman–Crippen LogP) is 3.05. The summed E-state index contributed by atoms with van der Waals surface area (Å²) in [5.74, 6) is -2.06. The molecule has 4 nitrogen and oxygen atoms in total. The molecular weight excluding hydrogens is 317 g/mol. The summed E-state index contributed by atoms with van der Waals surface area (Å²) in [6.45, 7) is 2.91. The number of carbonyl (C=O) groups excluding carboxylic acids is 1. The van der Waals surface area contributed by atoms with E-state index in [-0.39, 0.29) is 12.1 Å². The lowest BCUT2D eigenvalue weighted by molar-refractivity contribution is -0.149. The average Bonchev–Trinajstić information content (AvgIpc) is 2.30. The fourth-order valence-electron chi connectivity index (χ4n) is 1.45. The summed E-state index contributed by atoms with van der Waals surface area (Å²) >= 11 is 3.20. The lowest BCUT2D eigenvalue weighted by Gasteiger charge is -2.24. The maximum atomic E-state index is 13.6. The van der Waals surface area contributed by atoms with Gasteiger partial charge in [-0.1, -0.05) is 15.9 Å². The number of amides is 1. The van der Waals surface area contributed by atoms with Crippen molar-refractivity contribution in [3.63, 3.8) is 0 Å². The Hall–Kier alpha value is -1.43. The second-order valence-electron chi connectivity index (χ2n) is 4.91. The number of rotatable bonds is 4. The van der Waals surface area contributed by atoms with Gasteiger partial charge in [-0.3, -0.25) is 9.59 Å². The number of hydrogen-bond donors (Lipinski definition) is 1. The summed E-state index contributed by atoms with van der Waals surface area (Å²) in [4.78, 5) is 24.1. The maximum absolute atomic E-state index is 13.6. The normalized spacial score (nSPS) is 11.2. The van der Waals surface area contributed by atoms with E-state index >= 15 is 0 Å². The van der Waals surface area contributed by atoms with Gasteiger partial charge < -0.3 is 10.0 Å². The van der Waals surface area contributed by atoms with Gasteiger partial charge in [0.15, 0.2) is 0 Å². The molecule has 0 unspecified atom stereocenters. The van der Waals surface area contributed by atoms with Crippen LogP contribution in [-0.4, -0.2) is 24.0 Å². The van der Waals surface area contributed by atoms with Crippen molar-refractivity contribution in [1.82, 2.24) is 0 Å². The van der Waals surface area contributed by atoms with Crippen molar-refractivity contribution in [3.8, 4) is 0 Å². The summed E-state index contributed by atoms with van der Waals surface area (Å²) in [7, 11) is 1.42. The van der Waals surface area contributed by atoms with Gasteiger partial charge in [0.25, 0.3) is 0 Å². The molecule has 104 valence electrons. The molecule has 0 radical (unpaired) electrons. The summed E-state index contributed by atoms with van der Waals surface area (Å²) < 4.78 is 14.3. The highest BCUT2D eigenvalue weighted by atomic mass is 79.9. The molecule has 1 N–H and O–H groups in total. The molecule has 0 aromatic heterocycles. The monoisotopic (exact) mass is 331 g/mol. The van der Waals surface area contributed by atoms with Gasteiger partial charge in [-0.15, -0.1) is 0 Å². The molecule has 1 rings (SSSR count). The summed E-state index contributed by atoms with van der Waals surface area (Å²) in [5.41, 5.74) is -1.08. The number of aliphatic carboxylic acids is 1. The maximum Gasteiger partial charge on any atom is 0.309 e. The molecule has 0 aliphatic rings. The van der Waals surface area contributed by atoms with Crippen LogP contribution in [0.15, 0.2) is 22.7 Å². The van der Waals surface area contributed by atoms with E-state index in [4.69, 9.17) is 5.11 Å². The Morgan fingerprint density at radius 3 is 2.53 bits per heavy atom. The van der Waals surface area contributed by atoms with Crippen LogP contribution >= 0.6 is 15.9 Å². The molecule has 0 heterocycles. The Morgan fingerprint density at radius 2 is 2.00 bits per heavy atom. The third kappa shape index (κ3) is 3.76. The summed E-state index contributed by atoms with van der Waals surface area (Å²) in [5, 5.41) is 8.99. The van der Waals surface area contributed by atoms with Crippen LogP contribution < -0.4 is 4.90 Å². The number of halogens is 2. The van der Waals surface area contributed by atoms with Gasteiger partial charge in [0.05, 0.1) is 11.1 Å². The largest absolute Gasteiger partial charge is 0.481 e. The average molecular weight is 332 g/mol. The zero-order chi connectivity index (χ0) is 14.8. The molecule has 1 amide bonds. The number of carbonyl (C=O) groups is 2. The van der Waals surface area contributed by atoms with E-state index in [9.17, 15) is 14.0 Å². The van der Waals surface area contributed by atoms with Crippen LogP contribution in [0.3, 0.4) is 0 Å². The minimum atomic E-state index is -1.19. The molecule has 0 aliphatic carbocycles. The van der Waals surface area contributed by atoms with E-state index in [0.29, 0.717) is 4.47 Å². The molecule has 1 aromatic rings. The third-order valence-electron chi connectivity index (χ3n) is 2.82. The van der Waals surface area contributed by atoms with Crippen molar-refractivity contribution in [1.29, 1.82) is 0 Å². The van der Waals surface area contributed by atoms with Crippen molar-refractivity contribution < 1.29 is 19.1 Å². The van der Waals surface area contributed by atoms with Gasteiger partial charge in [-0.2, -0.15) is 0 Å². The standard InChI is InChI=1S/C13H15BrFNO3/c1-13(2,12(18)19)7-11(17)16(3)10-6-8(14)4-5-9(10)15/h4-6H,7H2,1-3H3,(H,18,19). The quantitative estimate of drug-likeness (QED) is 0.922. The van der Waals surface area contributed by atoms with Crippen LogP contribution in [0.25, 0.3) is 0 Å². The zero-order valence-corrected chi connectivity index (χ0v) is 12.5. The summed E-state index contributed by atoms with van der Waals surface area (Å²) in [6.07, 6.45) is -0.204. The van der Waals surface area contributed by atoms with Crippen LogP contribution in [0.5, 0.6) is 0 Å². The molecule has 0 fully saturated rings. The Bertz CT molecular complexity index is 517. The highest BCUT2D eigenvalue weighted by Gasteiger charge is 2.32. The van der Waals surface area contributed by atoms with Crippen LogP contribution in [-0.2, 0) is 9.59 Å². The van der Waals surface area contributed by atoms with Gasteiger partial charge in [-0.05, 0) is 32.0 Å². The van der Waals surface area contributed by atoms with E-state index < -0.39 is 23.1 Å². The fourth-order valence-corrected chi connectivity index (χ4v) is 1.80. The molecule has 0 bridgehead atoms. The van der Waals surface area contributed by atoms with Crippen molar-refractivity contribution in [2.24, 2.45) is 5.41 Å². The molecule has 0 atom stereocenters. The molecule has 0 aliphatic heterocycles. The third-order valence-corrected chi connectivity index (χ3v) is 3.31. The van der Waals surface area contributed by atoms with Gasteiger partial charge in [0, 0.05) is 17.9 Å². The van der Waals surface area contributed by atoms with Crippen molar-refractivity contribution in [3.05, 3.63) is 28.5 Å². The Labute approximate surface area is 119 Å². The number of nitrogens with zero attached hydrogens (tertiary/aromatic N) is 1. The number of carboxylic acids is 1. The smallest absolute Gasteiger partial charge is 0.309 e. The molecule has 6 heteroatoms. The summed E-state index contributed by atoms with van der Waals surface area (Å²) in [6, 6.07) is 4.24. The lowest BCUT2D eigenvalue weighted by atomic mass is 9.89. The second kappa shape index (κ2) is 5.69. The van der Waals surface area contributed by atoms with Crippen molar-refractivity contribution >= 4 is 33.5 Å². The molecule has 0 saturated carbocycles. The Balaban J connectivity index is 2.94. The lowest BCUT2D eigenvalue weighted by Crippen LogP contribution is -2.35. The highest BCUT2D eigenvalue weighted by Crippen LogP contribution is 2.27. The highest BCUT2D eigenvalue weighted by molar-refractivity contribution is 9.10. The number of carboxylic acid groups (broad SMARTS) is 1. The van der Waals surface area contributed by atoms with Crippen molar-refractivity contribution in [2.45, 2.75) is 20.3 Å². The second-order valence-corrected chi connectivity index (χ2v) is 5.83. The predicted molar refractivity (Wildman–Crippen MR) is 73.5 cm³/mol. The van der Waals surface area contributed by atoms with Gasteiger partial charge in [0.2, 0.25) is 5.91 Å². The molecule has 0 saturated heterocycles. The van der Waals surface area contributed by atoms with E-state index in [0.717, 1.165) is 4.90 Å². The molecule has 0 spiro atoms. The number of hydrogen-bond acceptors (Lipinski definition) is 2. The van der Waals surface area contributed by atoms with E-state index in [1.807, 2.05) is 0 Å². The fraction of sp³-hybridized carbons (Fsp3) is 0.385. The van der Waals surface area contributed by atoms with Crippen LogP contribution in [0.2, 0.25) is 0 Å². The SMILES string of the molecule is CN(C(=O)CC(C)(C)C(=O)O)c1cc(Br)ccc1F. The van der Waals surface area contributed by atoms with Crippen LogP contribution in [0.4, 0.5) is 10.1 Å². The van der Waals surface area contributed by atoms with E-state index in [1.54, 1.807) is 0 Å². The first kappa shape index (κ1) is 15.6. The Morgan fingerprint density at radius 1 is 1.42 bits per heavy atom. The first-order valence-corrected chi connectivity index (χ1v) is 6.39. The van der Waals surface area contributed by atoms with Crippen LogP contribution in [0, 0.1) is 11.2 Å². The molecule has 19 heavy (non-hydrogen) atoms. The Kier molecular flexibility index (Phi) is 4.68. The van der Waals surface area contributed by atoms with E-state index in [1.165, 1.54) is 39.1 Å². The molecule has 1 aromatic carbocycles. The zero-order valence-electron chi connectivity index (χ0n) is 10.9. The van der Waals surface area contributed by atoms with Gasteiger partial charge in [0.1, 0.15) is 5.82 Å². The first-order chi connectivity index (χ1) is 8.65. The first-order valence-electron chi connectivity index (χ1n) is 5.60. The molecular formula is C13H15BrFNO3. The van der Waals surface area contributed by atoms with Crippen molar-refractivity contribution in [2.75, 3.05) is 11.9 Å². The minimum Gasteiger partial charge on any atom is -0.481 e. The van der Waals surface area contributed by atoms with E-state index in [2.05, 4.69) is 15.9 Å². The minimum absolute atomic E-state index is 0.112. The van der Waals surface area contributed by atoms with Gasteiger partial charge >= 0.3 is 5.97 Å². The number of benzene rings is 1. The number of anilines is 1. The van der Waals surface area contributed by atoms with Crippen LogP contribution in [0.1, 0.15) is 20.3 Å².